The number of hydrogen-bond acceptors (Lipinski definition) is 4. The van der Waals surface area contributed by atoms with Gasteiger partial charge in [0.1, 0.15) is 0 Å². The van der Waals surface area contributed by atoms with Crippen LogP contribution in [0.5, 0.6) is 0 Å². The highest BCUT2D eigenvalue weighted by Crippen LogP contribution is 1.97. The molecule has 0 bridgehead atoms. The number of nitrogens with zero attached hydrogens (tertiary/aromatic N) is 1. The summed E-state index contributed by atoms with van der Waals surface area (Å²) in [6, 6.07) is -0.657. The van der Waals surface area contributed by atoms with Crippen LogP contribution >= 0.6 is 0 Å². The normalized spacial score (nSPS) is 12.2. The molecule has 6 nitrogen and oxygen atoms in total. The van der Waals surface area contributed by atoms with Gasteiger partial charge in [-0.05, 0) is 19.4 Å². The van der Waals surface area contributed by atoms with Crippen LogP contribution in [0.25, 0.3) is 0 Å². The maximum atomic E-state index is 11.0. The predicted molar refractivity (Wildman–Crippen MR) is 49.9 cm³/mol. The molecule has 1 amide bonds. The summed E-state index contributed by atoms with van der Waals surface area (Å²) in [6.45, 7) is 0.588. The van der Waals surface area contributed by atoms with Gasteiger partial charge >= 0.3 is 0 Å². The third kappa shape index (κ3) is 6.06. The Kier molecular flexibility index (Phi) is 5.82. The second kappa shape index (κ2) is 6.38. The van der Waals surface area contributed by atoms with Gasteiger partial charge in [0.2, 0.25) is 5.96 Å². The monoisotopic (exact) mass is 186 g/mol. The van der Waals surface area contributed by atoms with Gasteiger partial charge in [0.15, 0.2) is 0 Å². The number of hydrogen-bond donors (Lipinski definition) is 4. The Balaban J connectivity index is 3.63. The summed E-state index contributed by atoms with van der Waals surface area (Å²) >= 11 is 0. The van der Waals surface area contributed by atoms with Gasteiger partial charge in [-0.3, -0.25) is 10.2 Å². The fourth-order valence-electron chi connectivity index (χ4n) is 0.834. The van der Waals surface area contributed by atoms with E-state index in [1.165, 1.54) is 0 Å². The zero-order chi connectivity index (χ0) is 10.3. The lowest BCUT2D eigenvalue weighted by molar-refractivity contribution is -0.121. The van der Waals surface area contributed by atoms with Gasteiger partial charge in [0.05, 0.1) is 6.04 Å². The summed E-state index contributed by atoms with van der Waals surface area (Å²) in [6.07, 6.45) is 2.16. The van der Waals surface area contributed by atoms with E-state index in [0.29, 0.717) is 13.0 Å². The molecule has 0 unspecified atom stereocenters. The van der Waals surface area contributed by atoms with Gasteiger partial charge in [0, 0.05) is 0 Å². The van der Waals surface area contributed by atoms with E-state index in [0.717, 1.165) is 12.8 Å². The molecule has 1 atom stereocenters. The quantitative estimate of drug-likeness (QED) is 0.235. The second-order valence-corrected chi connectivity index (χ2v) is 2.73. The number of rotatable bonds is 5. The second-order valence-electron chi connectivity index (χ2n) is 2.73. The van der Waals surface area contributed by atoms with Crippen LogP contribution in [0.2, 0.25) is 0 Å². The molecule has 0 rings (SSSR count). The average Bonchev–Trinajstić information content (AvgIpc) is 2.03. The van der Waals surface area contributed by atoms with Crippen LogP contribution in [0, 0.1) is 5.41 Å². The van der Waals surface area contributed by atoms with E-state index in [4.69, 9.17) is 22.6 Å². The van der Waals surface area contributed by atoms with E-state index in [1.807, 2.05) is 0 Å². The van der Waals surface area contributed by atoms with E-state index in [2.05, 4.69) is 5.32 Å². The summed E-state index contributed by atoms with van der Waals surface area (Å²) in [5.41, 5.74) is 15.6. The van der Waals surface area contributed by atoms with Gasteiger partial charge in [0.25, 0.3) is 5.91 Å². The van der Waals surface area contributed by atoms with Crippen molar-refractivity contribution in [2.45, 2.75) is 25.3 Å². The Morgan fingerprint density at radius 2 is 2.08 bits per heavy atom. The third-order valence-corrected chi connectivity index (χ3v) is 1.52. The van der Waals surface area contributed by atoms with Gasteiger partial charge in [-0.25, -0.2) is 0 Å². The van der Waals surface area contributed by atoms with Crippen LogP contribution in [0.3, 0.4) is 0 Å². The lowest BCUT2D eigenvalue weighted by atomic mass is 10.1. The lowest BCUT2D eigenvalue weighted by Gasteiger charge is -2.08. The largest absolute Gasteiger partial charge is 0.368 e. The summed E-state index contributed by atoms with van der Waals surface area (Å²) in [5.74, 6) is -1.04. The molecule has 13 heavy (non-hydrogen) atoms. The molecule has 0 aliphatic rings. The molecule has 0 aromatic heterocycles. The zero-order valence-corrected chi connectivity index (χ0v) is 7.49. The van der Waals surface area contributed by atoms with Crippen LogP contribution in [0.4, 0.5) is 0 Å². The number of nitrogens with two attached hydrogens (primary N) is 3. The first-order valence-electron chi connectivity index (χ1n) is 4.13. The van der Waals surface area contributed by atoms with Crippen molar-refractivity contribution >= 4 is 11.9 Å². The number of carbonyl (C=O) groups is 1. The third-order valence-electron chi connectivity index (χ3n) is 1.52. The predicted octanol–water partition coefficient (Wildman–Crippen LogP) is -1.53. The molecule has 0 aliphatic carbocycles. The van der Waals surface area contributed by atoms with Crippen molar-refractivity contribution in [2.24, 2.45) is 17.2 Å². The van der Waals surface area contributed by atoms with Crippen molar-refractivity contribution in [2.75, 3.05) is 6.54 Å². The topological polar surface area (TPSA) is 133 Å². The molecular weight excluding hydrogens is 170 g/mol. The molecule has 0 aromatic carbocycles. The molecule has 0 spiro atoms. The SMILES string of the molecule is N=C(N)[N]C(=O)[C@@H](N)CCCCN. The Morgan fingerprint density at radius 3 is 2.54 bits per heavy atom. The molecule has 7 N–H and O–H groups in total. The Labute approximate surface area is 77.3 Å². The first-order valence-corrected chi connectivity index (χ1v) is 4.13. The molecule has 0 aliphatic heterocycles. The molecular formula is C7H16N5O. The minimum Gasteiger partial charge on any atom is -0.368 e. The Hall–Kier alpha value is -1.14. The van der Waals surface area contributed by atoms with Crippen molar-refractivity contribution in [3.05, 3.63) is 0 Å². The summed E-state index contributed by atoms with van der Waals surface area (Å²) in [4.78, 5) is 11.0. The number of guanidine groups is 1. The number of unbranched alkanes of at least 4 members (excludes halogenated alkanes) is 1. The molecule has 75 valence electrons. The molecule has 0 saturated carbocycles. The fourth-order valence-corrected chi connectivity index (χ4v) is 0.834. The Morgan fingerprint density at radius 1 is 1.46 bits per heavy atom. The van der Waals surface area contributed by atoms with Crippen molar-refractivity contribution in [1.82, 2.24) is 5.32 Å². The van der Waals surface area contributed by atoms with Crippen molar-refractivity contribution < 1.29 is 4.79 Å². The van der Waals surface area contributed by atoms with Gasteiger partial charge in [-0.1, -0.05) is 6.42 Å². The maximum absolute atomic E-state index is 11.0. The number of nitrogens with one attached hydrogen (secondary N) is 1. The smallest absolute Gasteiger partial charge is 0.265 e. The van der Waals surface area contributed by atoms with Crippen LogP contribution in [-0.2, 0) is 4.79 Å². The highest BCUT2D eigenvalue weighted by Gasteiger charge is 2.14. The molecule has 6 heteroatoms. The van der Waals surface area contributed by atoms with Gasteiger partial charge in [-0.15, -0.1) is 0 Å². The minimum atomic E-state index is -0.657. The van der Waals surface area contributed by atoms with Gasteiger partial charge in [-0.2, -0.15) is 5.32 Å². The average molecular weight is 186 g/mol. The fraction of sp³-hybridized carbons (Fsp3) is 0.714. The minimum absolute atomic E-state index is 0.501. The lowest BCUT2D eigenvalue weighted by Crippen LogP contribution is -2.41. The van der Waals surface area contributed by atoms with Crippen LogP contribution in [0.15, 0.2) is 0 Å². The molecule has 0 heterocycles. The molecule has 0 aromatic rings. The highest BCUT2D eigenvalue weighted by atomic mass is 16.2. The van der Waals surface area contributed by atoms with Gasteiger partial charge < -0.3 is 17.2 Å². The van der Waals surface area contributed by atoms with Crippen LogP contribution < -0.4 is 22.5 Å². The molecule has 0 saturated heterocycles. The number of carbonyl (C=O) groups excluding carboxylic acids is 1. The molecule has 0 fully saturated rings. The van der Waals surface area contributed by atoms with E-state index in [9.17, 15) is 4.79 Å². The standard InChI is InChI=1S/C7H16N5O/c8-4-2-1-3-5(9)6(13)12-7(10)11/h5H,1-4,8-9H2,(H3,10,11)/t5-/m0/s1. The maximum Gasteiger partial charge on any atom is 0.265 e. The molecule has 1 radical (unpaired) electrons. The van der Waals surface area contributed by atoms with E-state index >= 15 is 0 Å². The summed E-state index contributed by atoms with van der Waals surface area (Å²) in [7, 11) is 0. The van der Waals surface area contributed by atoms with Crippen molar-refractivity contribution in [3.63, 3.8) is 0 Å². The van der Waals surface area contributed by atoms with Crippen LogP contribution in [0.1, 0.15) is 19.3 Å². The van der Waals surface area contributed by atoms with E-state index in [-0.39, 0.29) is 0 Å². The van der Waals surface area contributed by atoms with E-state index in [1.54, 1.807) is 0 Å². The zero-order valence-electron chi connectivity index (χ0n) is 7.49. The summed E-state index contributed by atoms with van der Waals surface area (Å²) in [5, 5.41) is 9.97. The van der Waals surface area contributed by atoms with Crippen molar-refractivity contribution in [3.8, 4) is 0 Å². The summed E-state index contributed by atoms with van der Waals surface area (Å²) < 4.78 is 0. The Bertz CT molecular complexity index is 182. The number of amides is 1. The van der Waals surface area contributed by atoms with E-state index < -0.39 is 17.9 Å². The first kappa shape index (κ1) is 11.9. The van der Waals surface area contributed by atoms with Crippen LogP contribution in [-0.4, -0.2) is 24.5 Å². The first-order chi connectivity index (χ1) is 6.07. The van der Waals surface area contributed by atoms with Crippen molar-refractivity contribution in [1.29, 1.82) is 5.41 Å². The highest BCUT2D eigenvalue weighted by molar-refractivity contribution is 5.96.